The number of carbonyl (C=O) groups is 2. The number of amides is 2. The van der Waals surface area contributed by atoms with Crippen molar-refractivity contribution in [3.8, 4) is 0 Å². The first-order valence-corrected chi connectivity index (χ1v) is 8.28. The minimum Gasteiger partial charge on any atom is -0.381 e. The number of carbonyl (C=O) groups excluding carboxylic acids is 2. The molecule has 27 heavy (non-hydrogen) atoms. The summed E-state index contributed by atoms with van der Waals surface area (Å²) in [7, 11) is 3.07. The van der Waals surface area contributed by atoms with Gasteiger partial charge in [-0.3, -0.25) is 14.7 Å². The number of rotatable bonds is 6. The predicted octanol–water partition coefficient (Wildman–Crippen LogP) is 0.880. The number of aromatic nitrogens is 3. The summed E-state index contributed by atoms with van der Waals surface area (Å²) < 4.78 is 0. The Labute approximate surface area is 155 Å². The second kappa shape index (κ2) is 7.83. The molecule has 140 valence electrons. The van der Waals surface area contributed by atoms with E-state index in [4.69, 9.17) is 0 Å². The van der Waals surface area contributed by atoms with Crippen molar-refractivity contribution < 1.29 is 14.7 Å². The average molecular weight is 368 g/mol. The second-order valence-electron chi connectivity index (χ2n) is 6.16. The molecule has 4 N–H and O–H groups in total. The third-order valence-corrected chi connectivity index (χ3v) is 3.88. The first kappa shape index (κ1) is 18.3. The number of nitrogens with zero attached hydrogens (tertiary/aromatic N) is 3. The van der Waals surface area contributed by atoms with Crippen LogP contribution in [0, 0.1) is 0 Å². The van der Waals surface area contributed by atoms with E-state index < -0.39 is 17.9 Å². The standard InChI is InChI=1S/C18H20N6O3/c1-24(2)18(27)15(25)10-19-17(26)14-4-3-5-16(22-14)21-12-6-7-13-11(8-12)9-20-23-13/h3-9,15,25H,10H2,1-2H3,(H,19,26)(H,20,23)(H,21,22)/t15-/m1/s1. The molecule has 1 atom stereocenters. The summed E-state index contributed by atoms with van der Waals surface area (Å²) in [5, 5.41) is 23.2. The molecule has 0 saturated heterocycles. The number of fused-ring (bicyclic) bond motifs is 1. The van der Waals surface area contributed by atoms with Crippen LogP contribution in [0.5, 0.6) is 0 Å². The van der Waals surface area contributed by atoms with Crippen LogP contribution in [0.4, 0.5) is 11.5 Å². The minimum absolute atomic E-state index is 0.175. The van der Waals surface area contributed by atoms with Crippen LogP contribution in [-0.4, -0.2) is 63.7 Å². The van der Waals surface area contributed by atoms with Crippen molar-refractivity contribution in [2.45, 2.75) is 6.10 Å². The molecule has 0 aliphatic heterocycles. The molecule has 0 aliphatic rings. The summed E-state index contributed by atoms with van der Waals surface area (Å²) in [6, 6.07) is 10.7. The fraction of sp³-hybridized carbons (Fsp3) is 0.222. The van der Waals surface area contributed by atoms with E-state index in [-0.39, 0.29) is 12.2 Å². The van der Waals surface area contributed by atoms with Gasteiger partial charge in [0, 0.05) is 25.2 Å². The highest BCUT2D eigenvalue weighted by Gasteiger charge is 2.18. The normalized spacial score (nSPS) is 11.8. The van der Waals surface area contributed by atoms with Crippen molar-refractivity contribution in [1.29, 1.82) is 0 Å². The number of aliphatic hydroxyl groups is 1. The van der Waals surface area contributed by atoms with Crippen molar-refractivity contribution in [2.75, 3.05) is 26.0 Å². The maximum Gasteiger partial charge on any atom is 0.270 e. The molecule has 2 amide bonds. The molecular formula is C18H20N6O3. The number of aromatic amines is 1. The Morgan fingerprint density at radius 3 is 2.85 bits per heavy atom. The van der Waals surface area contributed by atoms with E-state index in [1.54, 1.807) is 24.4 Å². The monoisotopic (exact) mass is 368 g/mol. The lowest BCUT2D eigenvalue weighted by Gasteiger charge is -2.16. The Hall–Kier alpha value is -3.46. The van der Waals surface area contributed by atoms with Gasteiger partial charge in [0.05, 0.1) is 18.3 Å². The smallest absolute Gasteiger partial charge is 0.270 e. The van der Waals surface area contributed by atoms with Gasteiger partial charge in [0.2, 0.25) is 0 Å². The highest BCUT2D eigenvalue weighted by molar-refractivity contribution is 5.93. The lowest BCUT2D eigenvalue weighted by atomic mass is 10.2. The number of pyridine rings is 1. The number of anilines is 2. The molecule has 0 saturated carbocycles. The van der Waals surface area contributed by atoms with Crippen molar-refractivity contribution in [1.82, 2.24) is 25.4 Å². The van der Waals surface area contributed by atoms with Gasteiger partial charge in [-0.25, -0.2) is 4.98 Å². The molecule has 3 rings (SSSR count). The Morgan fingerprint density at radius 1 is 1.26 bits per heavy atom. The summed E-state index contributed by atoms with van der Waals surface area (Å²) in [6.45, 7) is -0.188. The van der Waals surface area contributed by atoms with Gasteiger partial charge in [-0.2, -0.15) is 5.10 Å². The zero-order chi connectivity index (χ0) is 19.4. The molecule has 2 aromatic heterocycles. The zero-order valence-electron chi connectivity index (χ0n) is 14.9. The predicted molar refractivity (Wildman–Crippen MR) is 101 cm³/mol. The summed E-state index contributed by atoms with van der Waals surface area (Å²) >= 11 is 0. The topological polar surface area (TPSA) is 123 Å². The third kappa shape index (κ3) is 4.39. The van der Waals surface area contributed by atoms with E-state index in [1.807, 2.05) is 18.2 Å². The van der Waals surface area contributed by atoms with Gasteiger partial charge in [0.15, 0.2) is 0 Å². The lowest BCUT2D eigenvalue weighted by molar-refractivity contribution is -0.137. The van der Waals surface area contributed by atoms with E-state index in [1.165, 1.54) is 19.0 Å². The van der Waals surface area contributed by atoms with Gasteiger partial charge < -0.3 is 20.6 Å². The first-order valence-electron chi connectivity index (χ1n) is 8.28. The van der Waals surface area contributed by atoms with Crippen LogP contribution in [0.25, 0.3) is 10.9 Å². The summed E-state index contributed by atoms with van der Waals surface area (Å²) in [4.78, 5) is 29.4. The molecule has 0 spiro atoms. The van der Waals surface area contributed by atoms with Crippen LogP contribution in [0.15, 0.2) is 42.6 Å². The van der Waals surface area contributed by atoms with E-state index in [2.05, 4.69) is 25.8 Å². The van der Waals surface area contributed by atoms with Gasteiger partial charge in [0.25, 0.3) is 11.8 Å². The van der Waals surface area contributed by atoms with E-state index in [0.717, 1.165) is 16.6 Å². The van der Waals surface area contributed by atoms with E-state index in [9.17, 15) is 14.7 Å². The Bertz CT molecular complexity index is 968. The van der Waals surface area contributed by atoms with Crippen molar-refractivity contribution in [3.05, 3.63) is 48.3 Å². The van der Waals surface area contributed by atoms with Gasteiger partial charge in [0.1, 0.15) is 17.6 Å². The molecule has 3 aromatic rings. The van der Waals surface area contributed by atoms with Crippen LogP contribution in [0.2, 0.25) is 0 Å². The summed E-state index contributed by atoms with van der Waals surface area (Å²) in [6.07, 6.45) is 0.421. The molecule has 1 aromatic carbocycles. The second-order valence-corrected chi connectivity index (χ2v) is 6.16. The maximum atomic E-state index is 12.2. The van der Waals surface area contributed by atoms with E-state index >= 15 is 0 Å². The lowest BCUT2D eigenvalue weighted by Crippen LogP contribution is -2.42. The number of nitrogens with one attached hydrogen (secondary N) is 3. The molecule has 0 bridgehead atoms. The SMILES string of the molecule is CN(C)C(=O)[C@H](O)CNC(=O)c1cccc(Nc2ccc3[nH]ncc3c2)n1. The maximum absolute atomic E-state index is 12.2. The largest absolute Gasteiger partial charge is 0.381 e. The van der Waals surface area contributed by atoms with Crippen LogP contribution in [0.3, 0.4) is 0 Å². The number of H-pyrrole nitrogens is 1. The van der Waals surface area contributed by atoms with Gasteiger partial charge in [-0.05, 0) is 30.3 Å². The number of aliphatic hydroxyl groups excluding tert-OH is 1. The van der Waals surface area contributed by atoms with Gasteiger partial charge >= 0.3 is 0 Å². The van der Waals surface area contributed by atoms with Crippen LogP contribution in [0.1, 0.15) is 10.5 Å². The van der Waals surface area contributed by atoms with Crippen LogP contribution in [-0.2, 0) is 4.79 Å². The molecule has 9 heteroatoms. The molecule has 9 nitrogen and oxygen atoms in total. The Kier molecular flexibility index (Phi) is 5.32. The number of hydrogen-bond donors (Lipinski definition) is 4. The molecule has 0 unspecified atom stereocenters. The number of hydrogen-bond acceptors (Lipinski definition) is 6. The quantitative estimate of drug-likeness (QED) is 0.512. The molecule has 0 radical (unpaired) electrons. The first-order chi connectivity index (χ1) is 12.9. The molecule has 0 aliphatic carbocycles. The zero-order valence-corrected chi connectivity index (χ0v) is 14.9. The number of likely N-dealkylation sites (N-methyl/N-ethyl adjacent to an activating group) is 1. The Morgan fingerprint density at radius 2 is 2.07 bits per heavy atom. The average Bonchev–Trinajstić information content (AvgIpc) is 3.13. The highest BCUT2D eigenvalue weighted by atomic mass is 16.3. The fourth-order valence-electron chi connectivity index (χ4n) is 2.46. The minimum atomic E-state index is -1.30. The molecule has 0 fully saturated rings. The summed E-state index contributed by atoms with van der Waals surface area (Å²) in [5.74, 6) is -0.460. The van der Waals surface area contributed by atoms with Crippen molar-refractivity contribution in [2.24, 2.45) is 0 Å². The summed E-state index contributed by atoms with van der Waals surface area (Å²) in [5.41, 5.74) is 1.90. The fourth-order valence-corrected chi connectivity index (χ4v) is 2.46. The number of benzene rings is 1. The van der Waals surface area contributed by atoms with Crippen molar-refractivity contribution in [3.63, 3.8) is 0 Å². The van der Waals surface area contributed by atoms with Crippen LogP contribution >= 0.6 is 0 Å². The van der Waals surface area contributed by atoms with Crippen LogP contribution < -0.4 is 10.6 Å². The third-order valence-electron chi connectivity index (χ3n) is 3.88. The van der Waals surface area contributed by atoms with Gasteiger partial charge in [-0.1, -0.05) is 6.07 Å². The molecule has 2 heterocycles. The van der Waals surface area contributed by atoms with Crippen molar-refractivity contribution >= 4 is 34.2 Å². The highest BCUT2D eigenvalue weighted by Crippen LogP contribution is 2.20. The Balaban J connectivity index is 1.65. The van der Waals surface area contributed by atoms with E-state index in [0.29, 0.717) is 5.82 Å². The molecular weight excluding hydrogens is 348 g/mol. The van der Waals surface area contributed by atoms with Gasteiger partial charge in [-0.15, -0.1) is 0 Å².